The van der Waals surface area contributed by atoms with E-state index in [1.807, 2.05) is 60.7 Å². The van der Waals surface area contributed by atoms with Gasteiger partial charge in [0.15, 0.2) is 0 Å². The number of ether oxygens (including phenoxy) is 1. The molecule has 0 radical (unpaired) electrons. The molecular formula is C26H27N3O4. The first kappa shape index (κ1) is 23.5. The fourth-order valence-corrected chi connectivity index (χ4v) is 3.01. The zero-order chi connectivity index (χ0) is 23.3. The molecule has 0 unspecified atom stereocenters. The quantitative estimate of drug-likeness (QED) is 0.418. The lowest BCUT2D eigenvalue weighted by Crippen LogP contribution is -2.42. The first-order valence-corrected chi connectivity index (χ1v) is 10.8. The summed E-state index contributed by atoms with van der Waals surface area (Å²) in [6, 6.07) is 26.2. The summed E-state index contributed by atoms with van der Waals surface area (Å²) in [6.45, 7) is 0.939. The Morgan fingerprint density at radius 1 is 0.667 bits per heavy atom. The molecule has 0 aromatic heterocycles. The van der Waals surface area contributed by atoms with Crippen molar-refractivity contribution in [1.29, 1.82) is 0 Å². The van der Waals surface area contributed by atoms with Crippen molar-refractivity contribution in [3.8, 4) is 5.75 Å². The van der Waals surface area contributed by atoms with E-state index in [4.69, 9.17) is 4.74 Å². The highest BCUT2D eigenvalue weighted by atomic mass is 16.5. The Kier molecular flexibility index (Phi) is 9.03. The maximum Gasteiger partial charge on any atom is 0.269 e. The van der Waals surface area contributed by atoms with E-state index in [1.54, 1.807) is 24.3 Å². The van der Waals surface area contributed by atoms with Gasteiger partial charge in [0.05, 0.1) is 6.61 Å². The molecule has 170 valence electrons. The number of carbonyl (C=O) groups is 3. The molecule has 3 N–H and O–H groups in total. The highest BCUT2D eigenvalue weighted by Crippen LogP contribution is 2.13. The maximum atomic E-state index is 12.2. The highest BCUT2D eigenvalue weighted by molar-refractivity contribution is 5.95. The number of hydrazine groups is 1. The predicted octanol–water partition coefficient (Wildman–Crippen LogP) is 3.17. The molecule has 33 heavy (non-hydrogen) atoms. The van der Waals surface area contributed by atoms with Crippen molar-refractivity contribution in [2.24, 2.45) is 0 Å². The van der Waals surface area contributed by atoms with E-state index in [1.165, 1.54) is 5.56 Å². The number of benzene rings is 3. The topological polar surface area (TPSA) is 96.5 Å². The van der Waals surface area contributed by atoms with Crippen molar-refractivity contribution in [3.63, 3.8) is 0 Å². The van der Waals surface area contributed by atoms with Crippen LogP contribution in [0.4, 0.5) is 0 Å². The molecule has 3 aromatic carbocycles. The first-order valence-electron chi connectivity index (χ1n) is 10.8. The smallest absolute Gasteiger partial charge is 0.269 e. The van der Waals surface area contributed by atoms with Gasteiger partial charge >= 0.3 is 0 Å². The molecule has 7 heteroatoms. The second-order valence-electron chi connectivity index (χ2n) is 7.37. The van der Waals surface area contributed by atoms with Gasteiger partial charge in [0.25, 0.3) is 5.91 Å². The lowest BCUT2D eigenvalue weighted by atomic mass is 10.2. The van der Waals surface area contributed by atoms with Gasteiger partial charge in [-0.05, 0) is 35.4 Å². The fraction of sp³-hybridized carbons (Fsp3) is 0.192. The zero-order valence-electron chi connectivity index (χ0n) is 18.3. The zero-order valence-corrected chi connectivity index (χ0v) is 18.3. The Morgan fingerprint density at radius 3 is 1.94 bits per heavy atom. The molecule has 0 aliphatic rings. The second-order valence-corrected chi connectivity index (χ2v) is 7.37. The molecule has 0 heterocycles. The van der Waals surface area contributed by atoms with Gasteiger partial charge in [0.1, 0.15) is 5.75 Å². The van der Waals surface area contributed by atoms with Crippen LogP contribution in [0.25, 0.3) is 0 Å². The largest absolute Gasteiger partial charge is 0.493 e. The summed E-state index contributed by atoms with van der Waals surface area (Å²) in [5.74, 6) is -0.469. The summed E-state index contributed by atoms with van der Waals surface area (Å²) in [4.78, 5) is 36.0. The Labute approximate surface area is 193 Å². The van der Waals surface area contributed by atoms with Gasteiger partial charge in [-0.15, -0.1) is 0 Å². The molecule has 0 bridgehead atoms. The molecule has 0 atom stereocenters. The molecule has 3 rings (SSSR count). The number of carbonyl (C=O) groups excluding carboxylic acids is 3. The third kappa shape index (κ3) is 8.49. The van der Waals surface area contributed by atoms with Crippen LogP contribution in [0.2, 0.25) is 0 Å². The van der Waals surface area contributed by atoms with Crippen molar-refractivity contribution in [2.75, 3.05) is 6.61 Å². The SMILES string of the molecule is O=C(CCC(=O)NNC(=O)c1ccc(OCCc2ccccc2)cc1)NCc1ccccc1. The molecule has 0 saturated heterocycles. The Balaban J connectivity index is 1.32. The number of rotatable bonds is 10. The summed E-state index contributed by atoms with van der Waals surface area (Å²) in [5, 5.41) is 2.76. The van der Waals surface area contributed by atoms with Crippen LogP contribution < -0.4 is 20.9 Å². The lowest BCUT2D eigenvalue weighted by Gasteiger charge is -2.09. The van der Waals surface area contributed by atoms with Crippen molar-refractivity contribution in [1.82, 2.24) is 16.2 Å². The summed E-state index contributed by atoms with van der Waals surface area (Å²) in [5.41, 5.74) is 7.24. The van der Waals surface area contributed by atoms with Crippen LogP contribution in [0.1, 0.15) is 34.3 Å². The van der Waals surface area contributed by atoms with Crippen LogP contribution in [0.15, 0.2) is 84.9 Å². The molecule has 0 aliphatic carbocycles. The molecule has 0 saturated carbocycles. The molecular weight excluding hydrogens is 418 g/mol. The first-order chi connectivity index (χ1) is 16.1. The minimum Gasteiger partial charge on any atom is -0.493 e. The monoisotopic (exact) mass is 445 g/mol. The van der Waals surface area contributed by atoms with E-state index >= 15 is 0 Å². The summed E-state index contributed by atoms with van der Waals surface area (Å²) in [6.07, 6.45) is 0.790. The van der Waals surface area contributed by atoms with Gasteiger partial charge in [-0.1, -0.05) is 60.7 Å². The molecule has 0 fully saturated rings. The summed E-state index contributed by atoms with van der Waals surface area (Å²) in [7, 11) is 0. The van der Waals surface area contributed by atoms with Crippen LogP contribution in [-0.2, 0) is 22.6 Å². The fourth-order valence-electron chi connectivity index (χ4n) is 3.01. The van der Waals surface area contributed by atoms with Crippen molar-refractivity contribution in [2.45, 2.75) is 25.8 Å². The summed E-state index contributed by atoms with van der Waals surface area (Å²) < 4.78 is 5.71. The minimum atomic E-state index is -0.451. The summed E-state index contributed by atoms with van der Waals surface area (Å²) >= 11 is 0. The van der Waals surface area contributed by atoms with Crippen LogP contribution in [0, 0.1) is 0 Å². The van der Waals surface area contributed by atoms with Crippen LogP contribution >= 0.6 is 0 Å². The van der Waals surface area contributed by atoms with Crippen molar-refractivity contribution >= 4 is 17.7 Å². The standard InChI is InChI=1S/C26H27N3O4/c30-24(27-19-21-9-5-2-6-10-21)15-16-25(31)28-29-26(32)22-11-13-23(14-12-22)33-18-17-20-7-3-1-4-8-20/h1-14H,15-19H2,(H,27,30)(H,28,31)(H,29,32). The number of amides is 3. The van der Waals surface area contributed by atoms with E-state index < -0.39 is 11.8 Å². The number of nitrogens with one attached hydrogen (secondary N) is 3. The third-order valence-corrected chi connectivity index (χ3v) is 4.85. The van der Waals surface area contributed by atoms with E-state index in [9.17, 15) is 14.4 Å². The van der Waals surface area contributed by atoms with E-state index in [0.29, 0.717) is 24.5 Å². The number of hydrogen-bond donors (Lipinski definition) is 3. The van der Waals surface area contributed by atoms with Gasteiger partial charge in [0, 0.05) is 31.4 Å². The minimum absolute atomic E-state index is 0.0313. The van der Waals surface area contributed by atoms with E-state index in [2.05, 4.69) is 16.2 Å². The van der Waals surface area contributed by atoms with Gasteiger partial charge in [-0.25, -0.2) is 0 Å². The number of hydrogen-bond acceptors (Lipinski definition) is 4. The second kappa shape index (κ2) is 12.7. The highest BCUT2D eigenvalue weighted by Gasteiger charge is 2.10. The maximum absolute atomic E-state index is 12.2. The molecule has 7 nitrogen and oxygen atoms in total. The lowest BCUT2D eigenvalue weighted by molar-refractivity contribution is -0.126. The molecule has 3 amide bonds. The molecule has 0 aliphatic heterocycles. The third-order valence-electron chi connectivity index (χ3n) is 4.85. The Bertz CT molecular complexity index is 1040. The Hall–Kier alpha value is -4.13. The molecule has 0 spiro atoms. The van der Waals surface area contributed by atoms with E-state index in [0.717, 1.165) is 12.0 Å². The van der Waals surface area contributed by atoms with Gasteiger partial charge in [0.2, 0.25) is 11.8 Å². The average Bonchev–Trinajstić information content (AvgIpc) is 2.86. The van der Waals surface area contributed by atoms with Gasteiger partial charge < -0.3 is 10.1 Å². The normalized spacial score (nSPS) is 10.2. The van der Waals surface area contributed by atoms with Gasteiger partial charge in [-0.2, -0.15) is 0 Å². The van der Waals surface area contributed by atoms with Crippen LogP contribution in [0.3, 0.4) is 0 Å². The molecule has 3 aromatic rings. The van der Waals surface area contributed by atoms with Gasteiger partial charge in [-0.3, -0.25) is 25.2 Å². The van der Waals surface area contributed by atoms with Crippen LogP contribution in [-0.4, -0.2) is 24.3 Å². The average molecular weight is 446 g/mol. The predicted molar refractivity (Wildman–Crippen MR) is 125 cm³/mol. The Morgan fingerprint density at radius 2 is 1.27 bits per heavy atom. The van der Waals surface area contributed by atoms with E-state index in [-0.39, 0.29) is 18.7 Å². The van der Waals surface area contributed by atoms with Crippen LogP contribution in [0.5, 0.6) is 5.75 Å². The van der Waals surface area contributed by atoms with Crippen molar-refractivity contribution in [3.05, 3.63) is 102 Å². The van der Waals surface area contributed by atoms with Crippen molar-refractivity contribution < 1.29 is 19.1 Å².